The number of nitrogens with one attached hydrogen (secondary N) is 2. The lowest BCUT2D eigenvalue weighted by Gasteiger charge is -2.20. The van der Waals surface area contributed by atoms with Gasteiger partial charge >= 0.3 is 12.2 Å². The van der Waals surface area contributed by atoms with Gasteiger partial charge in [-0.25, -0.2) is 13.6 Å². The molecule has 1 fully saturated rings. The van der Waals surface area contributed by atoms with E-state index in [0.717, 1.165) is 29.2 Å². The minimum Gasteiger partial charge on any atom is -0.392 e. The number of amides is 3. The molecule has 3 aromatic carbocycles. The number of rotatable bonds is 5. The molecule has 1 aliphatic rings. The number of hydrogen-bond donors (Lipinski definition) is 3. The molecule has 36 heavy (non-hydrogen) atoms. The van der Waals surface area contributed by atoms with Gasteiger partial charge in [0.25, 0.3) is 0 Å². The molecule has 6 nitrogen and oxygen atoms in total. The molecular weight excluding hydrogens is 485 g/mol. The van der Waals surface area contributed by atoms with Gasteiger partial charge in [-0.05, 0) is 53.9 Å². The molecule has 0 unspecified atom stereocenters. The van der Waals surface area contributed by atoms with E-state index in [2.05, 4.69) is 10.6 Å². The Kier molecular flexibility index (Phi) is 6.93. The number of carbonyl (C=O) groups is 2. The van der Waals surface area contributed by atoms with Gasteiger partial charge in [0.05, 0.1) is 17.9 Å². The molecule has 1 atom stereocenters. The maximum Gasteiger partial charge on any atom is 0.416 e. The fourth-order valence-corrected chi connectivity index (χ4v) is 4.00. The van der Waals surface area contributed by atoms with Crippen molar-refractivity contribution in [1.29, 1.82) is 0 Å². The summed E-state index contributed by atoms with van der Waals surface area (Å²) in [6.07, 6.45) is -4.41. The van der Waals surface area contributed by atoms with Gasteiger partial charge in [0.1, 0.15) is 6.04 Å². The average Bonchev–Trinajstić information content (AvgIpc) is 3.20. The Balaban J connectivity index is 1.45. The Labute approximate surface area is 202 Å². The summed E-state index contributed by atoms with van der Waals surface area (Å²) in [6.45, 7) is -0.363. The van der Waals surface area contributed by atoms with Crippen LogP contribution in [-0.4, -0.2) is 29.6 Å². The van der Waals surface area contributed by atoms with E-state index >= 15 is 0 Å². The van der Waals surface area contributed by atoms with Crippen LogP contribution < -0.4 is 15.5 Å². The highest BCUT2D eigenvalue weighted by Gasteiger charge is 2.36. The zero-order valence-corrected chi connectivity index (χ0v) is 18.6. The van der Waals surface area contributed by atoms with Crippen LogP contribution in [0, 0.1) is 11.6 Å². The van der Waals surface area contributed by atoms with Gasteiger partial charge in [0.15, 0.2) is 11.6 Å². The molecule has 3 N–H and O–H groups in total. The van der Waals surface area contributed by atoms with Crippen molar-refractivity contribution >= 4 is 23.3 Å². The van der Waals surface area contributed by atoms with Crippen molar-refractivity contribution in [3.63, 3.8) is 0 Å². The topological polar surface area (TPSA) is 81.7 Å². The second-order valence-corrected chi connectivity index (χ2v) is 8.08. The standard InChI is InChI=1S/C25H20F5N3O3/c26-21-18(17-4-2-1-3-14(17)13-34)9-10-20(22(21)27)33-12-11-19(23(33)35)32-24(36)31-16-7-5-15(6-8-16)25(28,29)30/h1-10,19,34H,11-13H2,(H2,31,32,36)/t19-/m1/s1. The Morgan fingerprint density at radius 1 is 0.972 bits per heavy atom. The molecule has 0 bridgehead atoms. The Morgan fingerprint density at radius 2 is 1.67 bits per heavy atom. The smallest absolute Gasteiger partial charge is 0.392 e. The highest BCUT2D eigenvalue weighted by Crippen LogP contribution is 2.34. The first-order chi connectivity index (χ1) is 17.1. The number of anilines is 2. The van der Waals surface area contributed by atoms with Gasteiger partial charge in [-0.15, -0.1) is 0 Å². The van der Waals surface area contributed by atoms with Gasteiger partial charge in [-0.2, -0.15) is 13.2 Å². The fourth-order valence-electron chi connectivity index (χ4n) is 4.00. The number of aliphatic hydroxyl groups is 1. The molecule has 1 heterocycles. The molecule has 3 aromatic rings. The van der Waals surface area contributed by atoms with Crippen molar-refractivity contribution in [2.75, 3.05) is 16.8 Å². The number of aliphatic hydroxyl groups excluding tert-OH is 1. The monoisotopic (exact) mass is 505 g/mol. The number of alkyl halides is 3. The summed E-state index contributed by atoms with van der Waals surface area (Å²) in [7, 11) is 0. The van der Waals surface area contributed by atoms with Crippen LogP contribution in [0.1, 0.15) is 17.5 Å². The predicted octanol–water partition coefficient (Wildman–Crippen LogP) is 5.07. The van der Waals surface area contributed by atoms with Crippen LogP contribution in [-0.2, 0) is 17.6 Å². The SMILES string of the molecule is O=C(Nc1ccc(C(F)(F)F)cc1)N[C@@H]1CCN(c2ccc(-c3ccccc3CO)c(F)c2F)C1=O. The minimum absolute atomic E-state index is 0.00694. The number of halogens is 5. The molecule has 0 aliphatic carbocycles. The van der Waals surface area contributed by atoms with Gasteiger partial charge in [0, 0.05) is 17.8 Å². The van der Waals surface area contributed by atoms with Crippen molar-refractivity contribution in [3.8, 4) is 11.1 Å². The molecule has 4 rings (SSSR count). The molecule has 0 spiro atoms. The second-order valence-electron chi connectivity index (χ2n) is 8.08. The first kappa shape index (κ1) is 25.1. The zero-order valence-electron chi connectivity index (χ0n) is 18.6. The van der Waals surface area contributed by atoms with Crippen LogP contribution in [0.5, 0.6) is 0 Å². The summed E-state index contributed by atoms with van der Waals surface area (Å²) in [5, 5.41) is 14.2. The number of carbonyl (C=O) groups excluding carboxylic acids is 2. The first-order valence-corrected chi connectivity index (χ1v) is 10.8. The summed E-state index contributed by atoms with van der Waals surface area (Å²) < 4.78 is 67.9. The summed E-state index contributed by atoms with van der Waals surface area (Å²) in [4.78, 5) is 26.1. The number of benzene rings is 3. The molecule has 0 radical (unpaired) electrons. The largest absolute Gasteiger partial charge is 0.416 e. The van der Waals surface area contributed by atoms with Crippen molar-refractivity contribution in [2.24, 2.45) is 0 Å². The third-order valence-corrected chi connectivity index (χ3v) is 5.81. The van der Waals surface area contributed by atoms with Crippen molar-refractivity contribution in [1.82, 2.24) is 5.32 Å². The number of urea groups is 1. The summed E-state index contributed by atoms with van der Waals surface area (Å²) in [6, 6.07) is 10.8. The highest BCUT2D eigenvalue weighted by molar-refractivity contribution is 6.02. The molecule has 188 valence electrons. The van der Waals surface area contributed by atoms with E-state index < -0.39 is 41.4 Å². The predicted molar refractivity (Wildman–Crippen MR) is 122 cm³/mol. The van der Waals surface area contributed by atoms with Crippen LogP contribution in [0.4, 0.5) is 38.1 Å². The Morgan fingerprint density at radius 3 is 2.33 bits per heavy atom. The van der Waals surface area contributed by atoms with E-state index in [-0.39, 0.29) is 36.5 Å². The first-order valence-electron chi connectivity index (χ1n) is 10.8. The molecule has 1 aliphatic heterocycles. The van der Waals surface area contributed by atoms with Crippen LogP contribution in [0.15, 0.2) is 60.7 Å². The van der Waals surface area contributed by atoms with E-state index in [0.29, 0.717) is 11.1 Å². The summed E-state index contributed by atoms with van der Waals surface area (Å²) in [5.74, 6) is -3.10. The van der Waals surface area contributed by atoms with E-state index in [1.54, 1.807) is 24.3 Å². The second kappa shape index (κ2) is 9.94. The summed E-state index contributed by atoms with van der Waals surface area (Å²) in [5.41, 5.74) is -0.447. The van der Waals surface area contributed by atoms with E-state index in [1.165, 1.54) is 12.1 Å². The molecule has 0 saturated carbocycles. The van der Waals surface area contributed by atoms with Gasteiger partial charge < -0.3 is 20.6 Å². The molecule has 0 aromatic heterocycles. The Bertz CT molecular complexity index is 1300. The van der Waals surface area contributed by atoms with Crippen LogP contribution in [0.2, 0.25) is 0 Å². The number of hydrogen-bond acceptors (Lipinski definition) is 3. The molecule has 1 saturated heterocycles. The third-order valence-electron chi connectivity index (χ3n) is 5.81. The van der Waals surface area contributed by atoms with E-state index in [9.17, 15) is 36.6 Å². The average molecular weight is 505 g/mol. The van der Waals surface area contributed by atoms with Crippen LogP contribution in [0.25, 0.3) is 11.1 Å². The fraction of sp³-hybridized carbons (Fsp3) is 0.200. The zero-order chi connectivity index (χ0) is 26.0. The van der Waals surface area contributed by atoms with Crippen molar-refractivity contribution in [2.45, 2.75) is 25.2 Å². The lowest BCUT2D eigenvalue weighted by molar-refractivity contribution is -0.137. The van der Waals surface area contributed by atoms with Crippen LogP contribution in [0.3, 0.4) is 0 Å². The highest BCUT2D eigenvalue weighted by atomic mass is 19.4. The van der Waals surface area contributed by atoms with E-state index in [1.807, 2.05) is 0 Å². The van der Waals surface area contributed by atoms with Gasteiger partial charge in [0.2, 0.25) is 5.91 Å². The van der Waals surface area contributed by atoms with Gasteiger partial charge in [-0.1, -0.05) is 24.3 Å². The molecule has 3 amide bonds. The maximum atomic E-state index is 15.0. The molecule has 11 heteroatoms. The quantitative estimate of drug-likeness (QED) is 0.424. The third kappa shape index (κ3) is 5.01. The normalized spacial score (nSPS) is 15.8. The summed E-state index contributed by atoms with van der Waals surface area (Å²) >= 11 is 0. The van der Waals surface area contributed by atoms with Crippen LogP contribution >= 0.6 is 0 Å². The lowest BCUT2D eigenvalue weighted by atomic mass is 9.99. The minimum atomic E-state index is -4.52. The Hall–Kier alpha value is -3.99. The molecular formula is C25H20F5N3O3. The van der Waals surface area contributed by atoms with Crippen molar-refractivity contribution < 1.29 is 36.6 Å². The lowest BCUT2D eigenvalue weighted by Crippen LogP contribution is -2.43. The van der Waals surface area contributed by atoms with Gasteiger partial charge in [-0.3, -0.25) is 4.79 Å². The van der Waals surface area contributed by atoms with Crippen molar-refractivity contribution in [3.05, 3.63) is 83.4 Å². The maximum absolute atomic E-state index is 15.0. The number of nitrogens with zero attached hydrogens (tertiary/aromatic N) is 1. The van der Waals surface area contributed by atoms with E-state index in [4.69, 9.17) is 0 Å².